The van der Waals surface area contributed by atoms with Gasteiger partial charge >= 0.3 is 0 Å². The van der Waals surface area contributed by atoms with Crippen molar-refractivity contribution >= 4 is 11.6 Å². The van der Waals surface area contributed by atoms with Gasteiger partial charge in [-0.15, -0.1) is 0 Å². The van der Waals surface area contributed by atoms with Crippen molar-refractivity contribution in [2.24, 2.45) is 7.05 Å². The molecule has 102 valence electrons. The van der Waals surface area contributed by atoms with Crippen molar-refractivity contribution in [1.29, 1.82) is 5.26 Å². The Bertz CT molecular complexity index is 700. The zero-order chi connectivity index (χ0) is 14.7. The van der Waals surface area contributed by atoms with Gasteiger partial charge in [-0.2, -0.15) is 10.4 Å². The third-order valence-electron chi connectivity index (χ3n) is 2.88. The molecule has 6 heteroatoms. The Morgan fingerprint density at radius 3 is 2.85 bits per heavy atom. The normalized spacial score (nSPS) is 10.1. The number of nitrogens with zero attached hydrogens (tertiary/aromatic N) is 3. The predicted molar refractivity (Wildman–Crippen MR) is 71.7 cm³/mol. The molecule has 0 aliphatic heterocycles. The summed E-state index contributed by atoms with van der Waals surface area (Å²) in [6.45, 7) is 1.94. The van der Waals surface area contributed by atoms with Crippen LogP contribution >= 0.6 is 0 Å². The van der Waals surface area contributed by atoms with Gasteiger partial charge < -0.3 is 5.32 Å². The fourth-order valence-corrected chi connectivity index (χ4v) is 1.82. The second-order valence-electron chi connectivity index (χ2n) is 4.25. The minimum atomic E-state index is -0.520. The average molecular weight is 272 g/mol. The zero-order valence-electron chi connectivity index (χ0n) is 11.1. The van der Waals surface area contributed by atoms with E-state index >= 15 is 0 Å². The Labute approximate surface area is 115 Å². The lowest BCUT2D eigenvalue weighted by molar-refractivity contribution is 0.101. The SMILES string of the molecule is CCc1cc(C(=O)Nc2ccc(F)cc2C#N)n(C)n1. The van der Waals surface area contributed by atoms with E-state index in [4.69, 9.17) is 5.26 Å². The second-order valence-corrected chi connectivity index (χ2v) is 4.25. The maximum Gasteiger partial charge on any atom is 0.273 e. The van der Waals surface area contributed by atoms with E-state index in [0.717, 1.165) is 18.2 Å². The highest BCUT2D eigenvalue weighted by Crippen LogP contribution is 2.17. The van der Waals surface area contributed by atoms with Gasteiger partial charge in [-0.3, -0.25) is 9.48 Å². The summed E-state index contributed by atoms with van der Waals surface area (Å²) < 4.78 is 14.5. The third-order valence-corrected chi connectivity index (χ3v) is 2.88. The average Bonchev–Trinajstić information content (AvgIpc) is 2.82. The summed E-state index contributed by atoms with van der Waals surface area (Å²) in [4.78, 5) is 12.1. The summed E-state index contributed by atoms with van der Waals surface area (Å²) in [5, 5.41) is 15.7. The van der Waals surface area contributed by atoms with Gasteiger partial charge in [0.25, 0.3) is 5.91 Å². The van der Waals surface area contributed by atoms with Crippen LogP contribution in [-0.2, 0) is 13.5 Å². The fraction of sp³-hybridized carbons (Fsp3) is 0.214. The number of rotatable bonds is 3. The molecular formula is C14H13FN4O. The van der Waals surface area contributed by atoms with E-state index in [1.165, 1.54) is 16.8 Å². The van der Waals surface area contributed by atoms with Gasteiger partial charge in [-0.25, -0.2) is 4.39 Å². The highest BCUT2D eigenvalue weighted by Gasteiger charge is 2.14. The predicted octanol–water partition coefficient (Wildman–Crippen LogP) is 2.25. The number of amides is 1. The molecule has 0 spiro atoms. The monoisotopic (exact) mass is 272 g/mol. The molecular weight excluding hydrogens is 259 g/mol. The number of aromatic nitrogens is 2. The van der Waals surface area contributed by atoms with Crippen LogP contribution in [0, 0.1) is 17.1 Å². The van der Waals surface area contributed by atoms with Crippen molar-refractivity contribution in [1.82, 2.24) is 9.78 Å². The fourth-order valence-electron chi connectivity index (χ4n) is 1.82. The lowest BCUT2D eigenvalue weighted by Crippen LogP contribution is -2.16. The van der Waals surface area contributed by atoms with Crippen LogP contribution in [0.4, 0.5) is 10.1 Å². The minimum absolute atomic E-state index is 0.0798. The Morgan fingerprint density at radius 1 is 1.50 bits per heavy atom. The van der Waals surface area contributed by atoms with E-state index < -0.39 is 5.82 Å². The number of halogens is 1. The van der Waals surface area contributed by atoms with Crippen molar-refractivity contribution in [3.05, 3.63) is 47.0 Å². The number of benzene rings is 1. The van der Waals surface area contributed by atoms with Crippen LogP contribution in [0.25, 0.3) is 0 Å². The first-order chi connectivity index (χ1) is 9.55. The molecule has 2 aromatic rings. The van der Waals surface area contributed by atoms with E-state index in [9.17, 15) is 9.18 Å². The highest BCUT2D eigenvalue weighted by molar-refractivity contribution is 6.03. The second kappa shape index (κ2) is 5.53. The quantitative estimate of drug-likeness (QED) is 0.931. The number of nitrogens with one attached hydrogen (secondary N) is 1. The number of aryl methyl sites for hydroxylation is 2. The van der Waals surface area contributed by atoms with Crippen LogP contribution in [0.15, 0.2) is 24.3 Å². The molecule has 0 atom stereocenters. The lowest BCUT2D eigenvalue weighted by atomic mass is 10.2. The van der Waals surface area contributed by atoms with Crippen LogP contribution in [0.5, 0.6) is 0 Å². The van der Waals surface area contributed by atoms with Crippen LogP contribution in [0.1, 0.15) is 28.7 Å². The van der Waals surface area contributed by atoms with Crippen molar-refractivity contribution in [3.63, 3.8) is 0 Å². The molecule has 2 rings (SSSR count). The molecule has 0 radical (unpaired) electrons. The Balaban J connectivity index is 2.28. The Hall–Kier alpha value is -2.68. The van der Waals surface area contributed by atoms with E-state index in [-0.39, 0.29) is 17.2 Å². The van der Waals surface area contributed by atoms with Crippen molar-refractivity contribution < 1.29 is 9.18 Å². The van der Waals surface area contributed by atoms with Gasteiger partial charge in [0.1, 0.15) is 17.6 Å². The Kier molecular flexibility index (Phi) is 3.80. The summed E-state index contributed by atoms with van der Waals surface area (Å²) in [6.07, 6.45) is 0.723. The maximum atomic E-state index is 13.0. The minimum Gasteiger partial charge on any atom is -0.319 e. The molecule has 0 saturated heterocycles. The van der Waals surface area contributed by atoms with Crippen molar-refractivity contribution in [2.75, 3.05) is 5.32 Å². The summed E-state index contributed by atoms with van der Waals surface area (Å²) in [5.41, 5.74) is 1.54. The molecule has 0 aliphatic carbocycles. The Morgan fingerprint density at radius 2 is 2.25 bits per heavy atom. The smallest absolute Gasteiger partial charge is 0.273 e. The lowest BCUT2D eigenvalue weighted by Gasteiger charge is -2.07. The van der Waals surface area contributed by atoms with Crippen LogP contribution in [-0.4, -0.2) is 15.7 Å². The summed E-state index contributed by atoms with van der Waals surface area (Å²) in [7, 11) is 1.67. The molecule has 1 heterocycles. The third kappa shape index (κ3) is 2.67. The molecule has 1 N–H and O–H groups in total. The molecule has 0 bridgehead atoms. The maximum absolute atomic E-state index is 13.0. The van der Waals surface area contributed by atoms with E-state index in [0.29, 0.717) is 5.69 Å². The zero-order valence-corrected chi connectivity index (χ0v) is 11.1. The summed E-state index contributed by atoms with van der Waals surface area (Å²) >= 11 is 0. The van der Waals surface area contributed by atoms with E-state index in [2.05, 4.69) is 10.4 Å². The van der Waals surface area contributed by atoms with Gasteiger partial charge in [0.2, 0.25) is 0 Å². The molecule has 1 aromatic heterocycles. The number of carbonyl (C=O) groups excluding carboxylic acids is 1. The number of anilines is 1. The van der Waals surface area contributed by atoms with Crippen LogP contribution < -0.4 is 5.32 Å². The van der Waals surface area contributed by atoms with E-state index in [1.807, 2.05) is 13.0 Å². The van der Waals surface area contributed by atoms with Gasteiger partial charge in [0.15, 0.2) is 0 Å². The first-order valence-electron chi connectivity index (χ1n) is 6.09. The number of nitriles is 1. The summed E-state index contributed by atoms with van der Waals surface area (Å²) in [5.74, 6) is -0.906. The molecule has 1 amide bonds. The van der Waals surface area contributed by atoms with Crippen LogP contribution in [0.3, 0.4) is 0 Å². The molecule has 1 aromatic carbocycles. The molecule has 0 saturated carbocycles. The highest BCUT2D eigenvalue weighted by atomic mass is 19.1. The largest absolute Gasteiger partial charge is 0.319 e. The van der Waals surface area contributed by atoms with Crippen molar-refractivity contribution in [2.45, 2.75) is 13.3 Å². The standard InChI is InChI=1S/C14H13FN4O/c1-3-11-7-13(19(2)18-11)14(20)17-12-5-4-10(15)6-9(12)8-16/h4-7H,3H2,1-2H3,(H,17,20). The molecule has 0 unspecified atom stereocenters. The number of hydrogen-bond acceptors (Lipinski definition) is 3. The van der Waals surface area contributed by atoms with Gasteiger partial charge in [-0.1, -0.05) is 6.92 Å². The first kappa shape index (κ1) is 13.7. The molecule has 0 fully saturated rings. The molecule has 20 heavy (non-hydrogen) atoms. The first-order valence-corrected chi connectivity index (χ1v) is 6.09. The van der Waals surface area contributed by atoms with Gasteiger partial charge in [0.05, 0.1) is 16.9 Å². The van der Waals surface area contributed by atoms with Crippen molar-refractivity contribution in [3.8, 4) is 6.07 Å². The van der Waals surface area contributed by atoms with Gasteiger partial charge in [-0.05, 0) is 30.7 Å². The van der Waals surface area contributed by atoms with Gasteiger partial charge in [0, 0.05) is 7.05 Å². The molecule has 5 nitrogen and oxygen atoms in total. The number of carbonyl (C=O) groups is 1. The van der Waals surface area contributed by atoms with E-state index in [1.54, 1.807) is 13.1 Å². The topological polar surface area (TPSA) is 70.7 Å². The molecule has 0 aliphatic rings. The van der Waals surface area contributed by atoms with Crippen LogP contribution in [0.2, 0.25) is 0 Å². The summed E-state index contributed by atoms with van der Waals surface area (Å²) in [6, 6.07) is 7.17. The number of hydrogen-bond donors (Lipinski definition) is 1.